The van der Waals surface area contributed by atoms with Crippen LogP contribution in [0.3, 0.4) is 0 Å². The van der Waals surface area contributed by atoms with Gasteiger partial charge in [-0.15, -0.1) is 11.3 Å². The average molecular weight is 203 g/mol. The second-order valence-corrected chi connectivity index (χ2v) is 3.95. The van der Waals surface area contributed by atoms with E-state index in [1.165, 1.54) is 11.3 Å². The third kappa shape index (κ3) is 1.72. The molecule has 2 rings (SSSR count). The van der Waals surface area contributed by atoms with Crippen molar-refractivity contribution in [2.75, 3.05) is 0 Å². The highest BCUT2D eigenvalue weighted by atomic mass is 32.1. The number of hydrogen-bond donors (Lipinski definition) is 0. The highest BCUT2D eigenvalue weighted by molar-refractivity contribution is 7.11. The highest BCUT2D eigenvalue weighted by Gasteiger charge is 2.09. The van der Waals surface area contributed by atoms with Gasteiger partial charge in [-0.25, -0.2) is 0 Å². The molecule has 0 atom stereocenters. The molecule has 0 saturated carbocycles. The Labute approximate surface area is 86.2 Å². The van der Waals surface area contributed by atoms with E-state index in [1.54, 1.807) is 11.7 Å². The number of rotatable bonds is 2. The van der Waals surface area contributed by atoms with Gasteiger partial charge in [0.1, 0.15) is 0 Å². The minimum absolute atomic E-state index is 0.0486. The van der Waals surface area contributed by atoms with Crippen molar-refractivity contribution >= 4 is 17.1 Å². The number of hydrogen-bond acceptors (Lipinski definition) is 3. The van der Waals surface area contributed by atoms with Gasteiger partial charge in [0.25, 0.3) is 0 Å². The number of benzene rings is 1. The van der Waals surface area contributed by atoms with Gasteiger partial charge < -0.3 is 0 Å². The van der Waals surface area contributed by atoms with Crippen LogP contribution in [-0.2, 0) is 0 Å². The molecule has 0 amide bonds. The van der Waals surface area contributed by atoms with Gasteiger partial charge in [-0.2, -0.15) is 0 Å². The minimum Gasteiger partial charge on any atom is -0.288 e. The molecule has 0 fully saturated rings. The Morgan fingerprint density at radius 2 is 2.00 bits per heavy atom. The first-order valence-corrected chi connectivity index (χ1v) is 5.15. The van der Waals surface area contributed by atoms with Crippen LogP contribution in [0.4, 0.5) is 0 Å². The van der Waals surface area contributed by atoms with Gasteiger partial charge in [0.05, 0.1) is 10.4 Å². The molecule has 0 aliphatic heterocycles. The van der Waals surface area contributed by atoms with E-state index in [1.807, 2.05) is 31.2 Å². The summed E-state index contributed by atoms with van der Waals surface area (Å²) in [6.07, 6.45) is 1.60. The third-order valence-electron chi connectivity index (χ3n) is 1.97. The molecule has 1 aromatic carbocycles. The molecule has 3 heteroatoms. The lowest BCUT2D eigenvalue weighted by Crippen LogP contribution is -1.97. The second kappa shape index (κ2) is 3.72. The van der Waals surface area contributed by atoms with Crippen molar-refractivity contribution in [2.45, 2.75) is 6.92 Å². The molecule has 1 heterocycles. The lowest BCUT2D eigenvalue weighted by Gasteiger charge is -1.97. The van der Waals surface area contributed by atoms with Gasteiger partial charge in [0.15, 0.2) is 0 Å². The summed E-state index contributed by atoms with van der Waals surface area (Å²) in [6.45, 7) is 2.00. The Kier molecular flexibility index (Phi) is 2.41. The average Bonchev–Trinajstić information content (AvgIpc) is 2.71. The van der Waals surface area contributed by atoms with Crippen molar-refractivity contribution in [1.29, 1.82) is 0 Å². The topological polar surface area (TPSA) is 30.0 Å². The zero-order chi connectivity index (χ0) is 9.97. The van der Waals surface area contributed by atoms with E-state index in [2.05, 4.69) is 4.98 Å². The fourth-order valence-corrected chi connectivity index (χ4v) is 1.76. The Balaban J connectivity index is 2.33. The van der Waals surface area contributed by atoms with E-state index in [9.17, 15) is 4.79 Å². The smallest absolute Gasteiger partial charge is 0.204 e. The first-order chi connectivity index (χ1) is 6.77. The van der Waals surface area contributed by atoms with Crippen LogP contribution in [0.2, 0.25) is 0 Å². The third-order valence-corrected chi connectivity index (χ3v) is 2.74. The highest BCUT2D eigenvalue weighted by Crippen LogP contribution is 2.13. The fourth-order valence-electron chi connectivity index (χ4n) is 1.18. The van der Waals surface area contributed by atoms with Crippen molar-refractivity contribution in [3.05, 3.63) is 52.0 Å². The maximum absolute atomic E-state index is 11.8. The number of thiazole rings is 1. The molecule has 0 bridgehead atoms. The Hall–Kier alpha value is -1.48. The van der Waals surface area contributed by atoms with Gasteiger partial charge in [-0.1, -0.05) is 29.8 Å². The number of carbonyl (C=O) groups excluding carboxylic acids is 1. The maximum atomic E-state index is 11.8. The molecule has 0 saturated heterocycles. The maximum Gasteiger partial charge on any atom is 0.204 e. The molecule has 70 valence electrons. The van der Waals surface area contributed by atoms with Crippen LogP contribution in [0, 0.1) is 6.92 Å². The molecule has 0 aliphatic rings. The summed E-state index contributed by atoms with van der Waals surface area (Å²) in [5, 5.41) is 0. The molecule has 0 N–H and O–H groups in total. The minimum atomic E-state index is 0.0486. The first kappa shape index (κ1) is 9.09. The van der Waals surface area contributed by atoms with Gasteiger partial charge >= 0.3 is 0 Å². The van der Waals surface area contributed by atoms with Gasteiger partial charge in [0.2, 0.25) is 5.78 Å². The van der Waals surface area contributed by atoms with Crippen molar-refractivity contribution in [1.82, 2.24) is 4.98 Å². The van der Waals surface area contributed by atoms with Crippen molar-refractivity contribution in [3.63, 3.8) is 0 Å². The normalized spacial score (nSPS) is 10.1. The molecule has 0 aliphatic carbocycles. The molecular weight excluding hydrogens is 194 g/mol. The molecule has 14 heavy (non-hydrogen) atoms. The predicted octanol–water partition coefficient (Wildman–Crippen LogP) is 2.68. The SMILES string of the molecule is Cc1ccc(C(=O)c2cncs2)cc1. The summed E-state index contributed by atoms with van der Waals surface area (Å²) in [6, 6.07) is 7.57. The van der Waals surface area contributed by atoms with Crippen LogP contribution in [0.15, 0.2) is 36.0 Å². The summed E-state index contributed by atoms with van der Waals surface area (Å²) >= 11 is 1.37. The van der Waals surface area contributed by atoms with E-state index in [0.29, 0.717) is 4.88 Å². The Morgan fingerprint density at radius 3 is 2.57 bits per heavy atom. The zero-order valence-electron chi connectivity index (χ0n) is 7.73. The molecule has 0 spiro atoms. The quantitative estimate of drug-likeness (QED) is 0.702. The Bertz CT molecular complexity index is 431. The van der Waals surface area contributed by atoms with Crippen LogP contribution in [-0.4, -0.2) is 10.8 Å². The van der Waals surface area contributed by atoms with Crippen LogP contribution in [0.5, 0.6) is 0 Å². The summed E-state index contributed by atoms with van der Waals surface area (Å²) in [5.41, 5.74) is 3.55. The zero-order valence-corrected chi connectivity index (χ0v) is 8.54. The molecular formula is C11H9NOS. The molecule has 2 nitrogen and oxygen atoms in total. The molecule has 2 aromatic rings. The monoisotopic (exact) mass is 203 g/mol. The van der Waals surface area contributed by atoms with Gasteiger partial charge in [-0.3, -0.25) is 9.78 Å². The number of carbonyl (C=O) groups is 1. The van der Waals surface area contributed by atoms with Crippen LogP contribution in [0.1, 0.15) is 20.8 Å². The first-order valence-electron chi connectivity index (χ1n) is 4.27. The summed E-state index contributed by atoms with van der Waals surface area (Å²) in [5.74, 6) is 0.0486. The van der Waals surface area contributed by atoms with Gasteiger partial charge in [-0.05, 0) is 6.92 Å². The molecule has 0 unspecified atom stereocenters. The number of ketones is 1. The number of aryl methyl sites for hydroxylation is 1. The van der Waals surface area contributed by atoms with E-state index < -0.39 is 0 Å². The van der Waals surface area contributed by atoms with Crippen molar-refractivity contribution < 1.29 is 4.79 Å². The van der Waals surface area contributed by atoms with Gasteiger partial charge in [0, 0.05) is 11.8 Å². The standard InChI is InChI=1S/C11H9NOS/c1-8-2-4-9(5-3-8)11(13)10-6-12-7-14-10/h2-7H,1H3. The summed E-state index contributed by atoms with van der Waals surface area (Å²) < 4.78 is 0. The number of aromatic nitrogens is 1. The van der Waals surface area contributed by atoms with E-state index in [0.717, 1.165) is 11.1 Å². The van der Waals surface area contributed by atoms with E-state index in [-0.39, 0.29) is 5.78 Å². The van der Waals surface area contributed by atoms with Crippen LogP contribution < -0.4 is 0 Å². The van der Waals surface area contributed by atoms with E-state index in [4.69, 9.17) is 0 Å². The van der Waals surface area contributed by atoms with Crippen molar-refractivity contribution in [2.24, 2.45) is 0 Å². The largest absolute Gasteiger partial charge is 0.288 e. The predicted molar refractivity (Wildman–Crippen MR) is 56.7 cm³/mol. The molecule has 0 radical (unpaired) electrons. The lowest BCUT2D eigenvalue weighted by molar-refractivity contribution is 0.104. The summed E-state index contributed by atoms with van der Waals surface area (Å²) in [4.78, 5) is 16.4. The summed E-state index contributed by atoms with van der Waals surface area (Å²) in [7, 11) is 0. The van der Waals surface area contributed by atoms with Crippen molar-refractivity contribution in [3.8, 4) is 0 Å². The van der Waals surface area contributed by atoms with Crippen LogP contribution in [0.25, 0.3) is 0 Å². The van der Waals surface area contributed by atoms with Crippen LogP contribution >= 0.6 is 11.3 Å². The number of nitrogens with zero attached hydrogens (tertiary/aromatic N) is 1. The lowest BCUT2D eigenvalue weighted by atomic mass is 10.1. The molecule has 1 aromatic heterocycles. The van der Waals surface area contributed by atoms with E-state index >= 15 is 0 Å². The fraction of sp³-hybridized carbons (Fsp3) is 0.0909. The second-order valence-electron chi connectivity index (χ2n) is 3.06. The Morgan fingerprint density at radius 1 is 1.29 bits per heavy atom.